The second-order valence-corrected chi connectivity index (χ2v) is 9.18. The number of anilines is 2. The lowest BCUT2D eigenvalue weighted by Crippen LogP contribution is -2.59. The molecular formula is C24H23N3O3S. The standard InChI is InChI=1S/C24H23N3O3S/c28-14-17-3-5-19(6-4-17)26-23(29)20-12-18(21-2-1-11-31-21)13-25-22(20)27-15-24(16-27)7-9-30-10-8-24/h1-6,11-14H,7-10,15-16H2,(H,26,29). The molecule has 0 saturated carbocycles. The van der Waals surface area contributed by atoms with Gasteiger partial charge in [0.25, 0.3) is 5.91 Å². The molecule has 1 amide bonds. The normalized spacial score (nSPS) is 17.2. The number of hydrogen-bond donors (Lipinski definition) is 1. The summed E-state index contributed by atoms with van der Waals surface area (Å²) in [4.78, 5) is 32.1. The van der Waals surface area contributed by atoms with Crippen molar-refractivity contribution >= 4 is 35.0 Å². The molecule has 0 radical (unpaired) electrons. The van der Waals surface area contributed by atoms with Crippen molar-refractivity contribution in [2.45, 2.75) is 12.8 Å². The molecule has 2 aliphatic heterocycles. The third-order valence-electron chi connectivity index (χ3n) is 6.13. The Morgan fingerprint density at radius 3 is 2.61 bits per heavy atom. The molecule has 0 atom stereocenters. The number of carbonyl (C=O) groups excluding carboxylic acids is 2. The van der Waals surface area contributed by atoms with E-state index in [2.05, 4.69) is 10.2 Å². The summed E-state index contributed by atoms with van der Waals surface area (Å²) >= 11 is 1.62. The van der Waals surface area contributed by atoms with Gasteiger partial charge in [0.05, 0.1) is 5.56 Å². The Labute approximate surface area is 184 Å². The molecule has 3 aromatic rings. The lowest BCUT2D eigenvalue weighted by atomic mass is 9.73. The molecule has 0 bridgehead atoms. The highest BCUT2D eigenvalue weighted by atomic mass is 32.1. The third kappa shape index (κ3) is 3.98. The number of rotatable bonds is 5. The zero-order chi connectivity index (χ0) is 21.3. The van der Waals surface area contributed by atoms with Crippen LogP contribution in [0.4, 0.5) is 11.5 Å². The molecule has 2 aliphatic rings. The Bertz CT molecular complexity index is 1080. The van der Waals surface area contributed by atoms with E-state index < -0.39 is 0 Å². The molecule has 1 aromatic carbocycles. The minimum atomic E-state index is -0.201. The van der Waals surface area contributed by atoms with E-state index in [0.29, 0.717) is 16.8 Å². The van der Waals surface area contributed by atoms with Gasteiger partial charge in [-0.1, -0.05) is 6.07 Å². The number of nitrogens with zero attached hydrogens (tertiary/aromatic N) is 2. The summed E-state index contributed by atoms with van der Waals surface area (Å²) in [5.74, 6) is 0.520. The Balaban J connectivity index is 1.43. The Hall–Kier alpha value is -3.03. The van der Waals surface area contributed by atoms with E-state index in [1.54, 1.807) is 35.6 Å². The minimum Gasteiger partial charge on any atom is -0.381 e. The largest absolute Gasteiger partial charge is 0.381 e. The third-order valence-corrected chi connectivity index (χ3v) is 7.05. The molecule has 7 heteroatoms. The first-order valence-corrected chi connectivity index (χ1v) is 11.3. The van der Waals surface area contributed by atoms with Crippen molar-refractivity contribution in [3.8, 4) is 10.4 Å². The van der Waals surface area contributed by atoms with Crippen LogP contribution in [0.15, 0.2) is 54.0 Å². The SMILES string of the molecule is O=Cc1ccc(NC(=O)c2cc(-c3cccs3)cnc2N2CC3(CCOCC3)C2)cc1. The lowest BCUT2D eigenvalue weighted by Gasteiger charge is -2.53. The van der Waals surface area contributed by atoms with Gasteiger partial charge in [-0.15, -0.1) is 11.3 Å². The number of thiophene rings is 1. The topological polar surface area (TPSA) is 71.5 Å². The average Bonchev–Trinajstić information content (AvgIpc) is 3.33. The first kappa shape index (κ1) is 19.9. The van der Waals surface area contributed by atoms with Crippen LogP contribution in [0.25, 0.3) is 10.4 Å². The van der Waals surface area contributed by atoms with Gasteiger partial charge in [0.15, 0.2) is 0 Å². The van der Waals surface area contributed by atoms with Gasteiger partial charge in [-0.3, -0.25) is 9.59 Å². The van der Waals surface area contributed by atoms with Crippen molar-refractivity contribution in [1.82, 2.24) is 4.98 Å². The van der Waals surface area contributed by atoms with E-state index in [4.69, 9.17) is 9.72 Å². The molecule has 2 aromatic heterocycles. The van der Waals surface area contributed by atoms with E-state index in [1.165, 1.54) is 0 Å². The molecule has 1 spiro atoms. The Kier molecular flexibility index (Phi) is 5.29. The fourth-order valence-corrected chi connectivity index (χ4v) is 5.04. The molecule has 6 nitrogen and oxygen atoms in total. The number of nitrogens with one attached hydrogen (secondary N) is 1. The minimum absolute atomic E-state index is 0.201. The number of ether oxygens (including phenoxy) is 1. The molecule has 0 aliphatic carbocycles. The van der Waals surface area contributed by atoms with E-state index >= 15 is 0 Å². The van der Waals surface area contributed by atoms with Crippen molar-refractivity contribution in [2.75, 3.05) is 36.5 Å². The zero-order valence-electron chi connectivity index (χ0n) is 17.0. The first-order chi connectivity index (χ1) is 15.2. The second kappa shape index (κ2) is 8.24. The van der Waals surface area contributed by atoms with Crippen LogP contribution < -0.4 is 10.2 Å². The Morgan fingerprint density at radius 1 is 1.16 bits per heavy atom. The van der Waals surface area contributed by atoms with Crippen LogP contribution in [-0.4, -0.2) is 43.5 Å². The molecular weight excluding hydrogens is 410 g/mol. The summed E-state index contributed by atoms with van der Waals surface area (Å²) in [6, 6.07) is 12.8. The maximum atomic E-state index is 13.3. The van der Waals surface area contributed by atoms with Gasteiger partial charge in [-0.25, -0.2) is 4.98 Å². The van der Waals surface area contributed by atoms with Gasteiger partial charge in [0.2, 0.25) is 0 Å². The highest BCUT2D eigenvalue weighted by molar-refractivity contribution is 7.13. The van der Waals surface area contributed by atoms with Gasteiger partial charge in [0, 0.05) is 59.6 Å². The van der Waals surface area contributed by atoms with Gasteiger partial charge >= 0.3 is 0 Å². The molecule has 4 heterocycles. The monoisotopic (exact) mass is 433 g/mol. The molecule has 5 rings (SSSR count). The molecule has 2 saturated heterocycles. The van der Waals surface area contributed by atoms with E-state index in [9.17, 15) is 9.59 Å². The van der Waals surface area contributed by atoms with Crippen molar-refractivity contribution in [3.63, 3.8) is 0 Å². The predicted octanol–water partition coefficient (Wildman–Crippen LogP) is 4.49. The summed E-state index contributed by atoms with van der Waals surface area (Å²) in [7, 11) is 0. The van der Waals surface area contributed by atoms with Crippen LogP contribution in [0.2, 0.25) is 0 Å². The van der Waals surface area contributed by atoms with Crippen LogP contribution >= 0.6 is 11.3 Å². The van der Waals surface area contributed by atoms with Crippen LogP contribution in [0.1, 0.15) is 33.6 Å². The molecule has 2 fully saturated rings. The maximum absolute atomic E-state index is 13.3. The van der Waals surface area contributed by atoms with Gasteiger partial charge in [0.1, 0.15) is 12.1 Å². The summed E-state index contributed by atoms with van der Waals surface area (Å²) in [5.41, 5.74) is 2.99. The van der Waals surface area contributed by atoms with Crippen LogP contribution in [0.5, 0.6) is 0 Å². The summed E-state index contributed by atoms with van der Waals surface area (Å²) in [5, 5.41) is 4.97. The number of benzene rings is 1. The van der Waals surface area contributed by atoms with E-state index in [-0.39, 0.29) is 11.3 Å². The van der Waals surface area contributed by atoms with E-state index in [0.717, 1.165) is 61.7 Å². The number of hydrogen-bond acceptors (Lipinski definition) is 6. The first-order valence-electron chi connectivity index (χ1n) is 10.4. The number of carbonyl (C=O) groups is 2. The number of pyridine rings is 1. The van der Waals surface area contributed by atoms with Crippen molar-refractivity contribution in [3.05, 3.63) is 65.2 Å². The smallest absolute Gasteiger partial charge is 0.259 e. The number of aromatic nitrogens is 1. The van der Waals surface area contributed by atoms with E-state index in [1.807, 2.05) is 29.8 Å². The number of aldehydes is 1. The summed E-state index contributed by atoms with van der Waals surface area (Å²) in [6.45, 7) is 3.41. The number of amides is 1. The fourth-order valence-electron chi connectivity index (χ4n) is 4.33. The highest BCUT2D eigenvalue weighted by Crippen LogP contribution is 2.43. The fraction of sp³-hybridized carbons (Fsp3) is 0.292. The maximum Gasteiger partial charge on any atom is 0.259 e. The molecule has 31 heavy (non-hydrogen) atoms. The zero-order valence-corrected chi connectivity index (χ0v) is 17.9. The quantitative estimate of drug-likeness (QED) is 0.600. The molecule has 158 valence electrons. The van der Waals surface area contributed by atoms with Gasteiger partial charge in [-0.05, 0) is 54.6 Å². The van der Waals surface area contributed by atoms with Crippen LogP contribution in [0, 0.1) is 5.41 Å². The van der Waals surface area contributed by atoms with Crippen molar-refractivity contribution < 1.29 is 14.3 Å². The summed E-state index contributed by atoms with van der Waals surface area (Å²) in [6.07, 6.45) is 4.75. The molecule has 1 N–H and O–H groups in total. The predicted molar refractivity (Wildman–Crippen MR) is 122 cm³/mol. The summed E-state index contributed by atoms with van der Waals surface area (Å²) < 4.78 is 5.52. The highest BCUT2D eigenvalue weighted by Gasteiger charge is 2.45. The Morgan fingerprint density at radius 2 is 1.94 bits per heavy atom. The van der Waals surface area contributed by atoms with Crippen molar-refractivity contribution in [2.24, 2.45) is 5.41 Å². The van der Waals surface area contributed by atoms with Crippen LogP contribution in [0.3, 0.4) is 0 Å². The molecule has 0 unspecified atom stereocenters. The second-order valence-electron chi connectivity index (χ2n) is 8.23. The van der Waals surface area contributed by atoms with Gasteiger partial charge < -0.3 is 15.0 Å². The average molecular weight is 434 g/mol. The van der Waals surface area contributed by atoms with Crippen LogP contribution in [-0.2, 0) is 4.74 Å². The van der Waals surface area contributed by atoms with Gasteiger partial charge in [-0.2, -0.15) is 0 Å². The van der Waals surface area contributed by atoms with Crippen molar-refractivity contribution in [1.29, 1.82) is 0 Å². The lowest BCUT2D eigenvalue weighted by molar-refractivity contribution is -0.000507.